The number of para-hydroxylation sites is 3. The molecule has 1 fully saturated rings. The fourth-order valence-electron chi connectivity index (χ4n) is 4.64. The second kappa shape index (κ2) is 7.84. The van der Waals surface area contributed by atoms with Gasteiger partial charge < -0.3 is 19.4 Å². The summed E-state index contributed by atoms with van der Waals surface area (Å²) >= 11 is 0. The summed E-state index contributed by atoms with van der Waals surface area (Å²) in [6.45, 7) is 8.01. The van der Waals surface area contributed by atoms with Gasteiger partial charge in [0.05, 0.1) is 39.0 Å². The van der Waals surface area contributed by atoms with E-state index in [1.165, 1.54) is 10.5 Å². The largest absolute Gasteiger partial charge is 0.495 e. The van der Waals surface area contributed by atoms with Crippen LogP contribution in [0.2, 0.25) is 0 Å². The molecule has 0 aliphatic carbocycles. The molecule has 0 bridgehead atoms. The normalized spacial score (nSPS) is 20.8. The monoisotopic (exact) mass is 380 g/mol. The lowest BCUT2D eigenvalue weighted by Crippen LogP contribution is -3.19. The van der Waals surface area contributed by atoms with Gasteiger partial charge in [-0.1, -0.05) is 30.3 Å². The third-order valence-corrected chi connectivity index (χ3v) is 6.26. The van der Waals surface area contributed by atoms with Gasteiger partial charge >= 0.3 is 0 Å². The van der Waals surface area contributed by atoms with Crippen LogP contribution in [-0.4, -0.2) is 51.3 Å². The molecular formula is C23H30N3O2+. The van der Waals surface area contributed by atoms with Crippen LogP contribution in [0, 0.1) is 0 Å². The van der Waals surface area contributed by atoms with Gasteiger partial charge in [0, 0.05) is 11.7 Å². The van der Waals surface area contributed by atoms with E-state index in [0.29, 0.717) is 0 Å². The maximum atomic E-state index is 13.3. The summed E-state index contributed by atoms with van der Waals surface area (Å²) in [7, 11) is 1.72. The minimum Gasteiger partial charge on any atom is -0.495 e. The molecule has 1 amide bonds. The Bertz CT molecular complexity index is 845. The first kappa shape index (κ1) is 18.8. The molecule has 4 rings (SSSR count). The summed E-state index contributed by atoms with van der Waals surface area (Å²) in [5, 5.41) is 0. The number of benzene rings is 2. The third kappa shape index (κ3) is 3.35. The third-order valence-electron chi connectivity index (χ3n) is 6.26. The van der Waals surface area contributed by atoms with E-state index in [-0.39, 0.29) is 18.0 Å². The predicted octanol–water partition coefficient (Wildman–Crippen LogP) is 1.77. The number of anilines is 2. The predicted molar refractivity (Wildman–Crippen MR) is 112 cm³/mol. The number of nitrogens with zero attached hydrogens (tertiary/aromatic N) is 2. The molecule has 0 spiro atoms. The van der Waals surface area contributed by atoms with Crippen LogP contribution in [-0.2, 0) is 11.2 Å². The summed E-state index contributed by atoms with van der Waals surface area (Å²) in [5.74, 6) is 1.16. The molecule has 5 nitrogen and oxygen atoms in total. The van der Waals surface area contributed by atoms with Gasteiger partial charge in [0.1, 0.15) is 5.75 Å². The van der Waals surface area contributed by atoms with Gasteiger partial charge in [-0.15, -0.1) is 0 Å². The number of nitrogens with one attached hydrogen (secondary N) is 1. The molecule has 0 unspecified atom stereocenters. The van der Waals surface area contributed by atoms with Gasteiger partial charge in [-0.2, -0.15) is 0 Å². The average Bonchev–Trinajstić information content (AvgIpc) is 3.08. The summed E-state index contributed by atoms with van der Waals surface area (Å²) in [4.78, 5) is 19.1. The van der Waals surface area contributed by atoms with Gasteiger partial charge in [0.25, 0.3) is 5.91 Å². The Morgan fingerprint density at radius 3 is 2.43 bits per heavy atom. The van der Waals surface area contributed by atoms with Crippen LogP contribution in [0.1, 0.15) is 19.4 Å². The van der Waals surface area contributed by atoms with E-state index in [0.717, 1.165) is 49.7 Å². The van der Waals surface area contributed by atoms with Crippen molar-refractivity contribution in [1.82, 2.24) is 0 Å². The molecule has 2 heterocycles. The van der Waals surface area contributed by atoms with E-state index < -0.39 is 0 Å². The van der Waals surface area contributed by atoms with E-state index in [1.54, 1.807) is 7.11 Å². The zero-order valence-electron chi connectivity index (χ0n) is 17.0. The topological polar surface area (TPSA) is 37.2 Å². The number of hydrogen-bond donors (Lipinski definition) is 1. The molecule has 0 radical (unpaired) electrons. The number of carbonyl (C=O) groups is 1. The molecule has 2 atom stereocenters. The molecule has 2 aliphatic rings. The molecule has 148 valence electrons. The first-order valence-electron chi connectivity index (χ1n) is 10.2. The molecule has 2 aromatic carbocycles. The lowest BCUT2D eigenvalue weighted by molar-refractivity contribution is -0.914. The molecule has 5 heteroatoms. The standard InChI is InChI=1S/C23H29N3O2/c1-17-16-19-8-4-5-9-20(19)26(17)23(27)18(2)24-12-14-25(15-13-24)21-10-6-7-11-22(21)28-3/h4-11,17-18H,12-16H2,1-3H3/p+1/t17-,18+/m0/s1. The first-order chi connectivity index (χ1) is 13.6. The van der Waals surface area contributed by atoms with Crippen LogP contribution in [0.15, 0.2) is 48.5 Å². The van der Waals surface area contributed by atoms with E-state index in [9.17, 15) is 4.79 Å². The minimum absolute atomic E-state index is 0.0339. The average molecular weight is 381 g/mol. The van der Waals surface area contributed by atoms with Crippen molar-refractivity contribution in [3.05, 3.63) is 54.1 Å². The fraction of sp³-hybridized carbons (Fsp3) is 0.435. The maximum absolute atomic E-state index is 13.3. The minimum atomic E-state index is -0.0339. The Morgan fingerprint density at radius 2 is 1.71 bits per heavy atom. The van der Waals surface area contributed by atoms with Crippen LogP contribution >= 0.6 is 0 Å². The van der Waals surface area contributed by atoms with Crippen LogP contribution in [0.25, 0.3) is 0 Å². The van der Waals surface area contributed by atoms with Gasteiger partial charge in [-0.25, -0.2) is 0 Å². The lowest BCUT2D eigenvalue weighted by Gasteiger charge is -2.37. The van der Waals surface area contributed by atoms with Crippen molar-refractivity contribution in [2.24, 2.45) is 0 Å². The Morgan fingerprint density at radius 1 is 1.07 bits per heavy atom. The van der Waals surface area contributed by atoms with Crippen molar-refractivity contribution in [3.8, 4) is 5.75 Å². The first-order valence-corrected chi connectivity index (χ1v) is 10.2. The molecule has 0 aromatic heterocycles. The zero-order chi connectivity index (χ0) is 19.7. The highest BCUT2D eigenvalue weighted by Crippen LogP contribution is 2.32. The summed E-state index contributed by atoms with van der Waals surface area (Å²) < 4.78 is 5.51. The Kier molecular flexibility index (Phi) is 5.27. The molecular weight excluding hydrogens is 350 g/mol. The Labute approximate surface area is 167 Å². The highest BCUT2D eigenvalue weighted by molar-refractivity contribution is 5.98. The van der Waals surface area contributed by atoms with E-state index in [2.05, 4.69) is 49.1 Å². The van der Waals surface area contributed by atoms with Crippen LogP contribution in [0.4, 0.5) is 11.4 Å². The number of piperazine rings is 1. The summed E-state index contributed by atoms with van der Waals surface area (Å²) in [6, 6.07) is 16.7. The number of rotatable bonds is 4. The lowest BCUT2D eigenvalue weighted by atomic mass is 10.1. The maximum Gasteiger partial charge on any atom is 0.285 e. The van der Waals surface area contributed by atoms with Crippen LogP contribution in [0.3, 0.4) is 0 Å². The number of methoxy groups -OCH3 is 1. The van der Waals surface area contributed by atoms with Gasteiger partial charge in [0.2, 0.25) is 0 Å². The molecule has 1 saturated heterocycles. The van der Waals surface area contributed by atoms with Gasteiger partial charge in [0.15, 0.2) is 6.04 Å². The zero-order valence-corrected chi connectivity index (χ0v) is 17.0. The number of amides is 1. The van der Waals surface area contributed by atoms with E-state index >= 15 is 0 Å². The van der Waals surface area contributed by atoms with Crippen LogP contribution in [0.5, 0.6) is 5.75 Å². The summed E-state index contributed by atoms with van der Waals surface area (Å²) in [5.41, 5.74) is 3.52. The molecule has 2 aliphatic heterocycles. The van der Waals surface area contributed by atoms with Crippen molar-refractivity contribution in [2.45, 2.75) is 32.4 Å². The quantitative estimate of drug-likeness (QED) is 0.878. The van der Waals surface area contributed by atoms with E-state index in [1.807, 2.05) is 23.1 Å². The SMILES string of the molecule is COc1ccccc1N1CC[NH+]([C@H](C)C(=O)N2c3ccccc3C[C@@H]2C)CC1. The summed E-state index contributed by atoms with van der Waals surface area (Å²) in [6.07, 6.45) is 0.950. The van der Waals surface area contributed by atoms with Crippen molar-refractivity contribution in [2.75, 3.05) is 43.1 Å². The smallest absolute Gasteiger partial charge is 0.285 e. The number of ether oxygens (including phenoxy) is 1. The highest BCUT2D eigenvalue weighted by atomic mass is 16.5. The van der Waals surface area contributed by atoms with Crippen molar-refractivity contribution >= 4 is 17.3 Å². The van der Waals surface area contributed by atoms with Gasteiger partial charge in [-0.3, -0.25) is 4.79 Å². The number of carbonyl (C=O) groups excluding carboxylic acids is 1. The Hall–Kier alpha value is -2.53. The number of fused-ring (bicyclic) bond motifs is 1. The van der Waals surface area contributed by atoms with Crippen molar-refractivity contribution in [3.63, 3.8) is 0 Å². The number of hydrogen-bond acceptors (Lipinski definition) is 3. The Balaban J connectivity index is 1.43. The molecule has 2 aromatic rings. The molecule has 1 N–H and O–H groups in total. The van der Waals surface area contributed by atoms with Gasteiger partial charge in [-0.05, 0) is 44.0 Å². The number of quaternary nitrogens is 1. The van der Waals surface area contributed by atoms with Crippen molar-refractivity contribution < 1.29 is 14.4 Å². The van der Waals surface area contributed by atoms with Crippen molar-refractivity contribution in [1.29, 1.82) is 0 Å². The fourth-order valence-corrected chi connectivity index (χ4v) is 4.64. The van der Waals surface area contributed by atoms with Crippen LogP contribution < -0.4 is 19.4 Å². The second-order valence-electron chi connectivity index (χ2n) is 7.93. The van der Waals surface area contributed by atoms with E-state index in [4.69, 9.17) is 4.74 Å². The molecule has 0 saturated carbocycles. The highest BCUT2D eigenvalue weighted by Gasteiger charge is 2.38. The molecule has 28 heavy (non-hydrogen) atoms. The second-order valence-corrected chi connectivity index (χ2v) is 7.93.